The predicted molar refractivity (Wildman–Crippen MR) is 97.9 cm³/mol. The highest BCUT2D eigenvalue weighted by Gasteiger charge is 2.05. The van der Waals surface area contributed by atoms with Gasteiger partial charge in [0.05, 0.1) is 0 Å². The van der Waals surface area contributed by atoms with E-state index in [1.54, 1.807) is 24.2 Å². The molecular formula is C20H18N2OS. The van der Waals surface area contributed by atoms with Gasteiger partial charge in [0.1, 0.15) is 0 Å². The molecule has 1 amide bonds. The second-order valence-corrected chi connectivity index (χ2v) is 6.39. The molecule has 0 unspecified atom stereocenters. The summed E-state index contributed by atoms with van der Waals surface area (Å²) >= 11 is 1.79. The fraction of sp³-hybridized carbons (Fsp3) is 0.100. The van der Waals surface area contributed by atoms with Crippen LogP contribution in [0.5, 0.6) is 0 Å². The molecule has 0 radical (unpaired) electrons. The van der Waals surface area contributed by atoms with Crippen LogP contribution >= 0.6 is 11.8 Å². The molecule has 1 aromatic heterocycles. The third-order valence-electron chi connectivity index (χ3n) is 3.54. The molecule has 24 heavy (non-hydrogen) atoms. The summed E-state index contributed by atoms with van der Waals surface area (Å²) < 4.78 is 0. The van der Waals surface area contributed by atoms with Gasteiger partial charge in [0.15, 0.2) is 0 Å². The number of nitrogens with one attached hydrogen (secondary N) is 1. The smallest absolute Gasteiger partial charge is 0.251 e. The Morgan fingerprint density at radius 3 is 2.42 bits per heavy atom. The van der Waals surface area contributed by atoms with E-state index in [0.29, 0.717) is 12.1 Å². The van der Waals surface area contributed by atoms with E-state index in [4.69, 9.17) is 0 Å². The van der Waals surface area contributed by atoms with Crippen LogP contribution in [-0.2, 0) is 12.3 Å². The highest BCUT2D eigenvalue weighted by atomic mass is 32.2. The van der Waals surface area contributed by atoms with Crippen LogP contribution in [-0.4, -0.2) is 10.9 Å². The van der Waals surface area contributed by atoms with E-state index >= 15 is 0 Å². The summed E-state index contributed by atoms with van der Waals surface area (Å²) in [4.78, 5) is 17.5. The lowest BCUT2D eigenvalue weighted by Gasteiger charge is -2.06. The predicted octanol–water partition coefficient (Wildman–Crippen LogP) is 4.30. The van der Waals surface area contributed by atoms with Crippen LogP contribution in [0, 0.1) is 0 Å². The Bertz CT molecular complexity index is 774. The Morgan fingerprint density at radius 2 is 1.71 bits per heavy atom. The van der Waals surface area contributed by atoms with E-state index in [-0.39, 0.29) is 5.91 Å². The second kappa shape index (κ2) is 8.31. The molecule has 0 aliphatic carbocycles. The normalized spacial score (nSPS) is 10.3. The molecule has 0 aliphatic heterocycles. The van der Waals surface area contributed by atoms with Gasteiger partial charge in [-0.1, -0.05) is 36.4 Å². The van der Waals surface area contributed by atoms with Crippen LogP contribution < -0.4 is 5.32 Å². The van der Waals surface area contributed by atoms with Crippen molar-refractivity contribution in [2.45, 2.75) is 17.2 Å². The maximum absolute atomic E-state index is 12.2. The highest BCUT2D eigenvalue weighted by Crippen LogP contribution is 2.22. The van der Waals surface area contributed by atoms with Crippen molar-refractivity contribution < 1.29 is 4.79 Å². The van der Waals surface area contributed by atoms with Crippen molar-refractivity contribution >= 4 is 17.7 Å². The first-order chi connectivity index (χ1) is 11.8. The van der Waals surface area contributed by atoms with Crippen molar-refractivity contribution in [3.8, 4) is 0 Å². The molecule has 3 aromatic rings. The van der Waals surface area contributed by atoms with Gasteiger partial charge in [-0.15, -0.1) is 11.8 Å². The van der Waals surface area contributed by atoms with Gasteiger partial charge in [0.25, 0.3) is 5.91 Å². The van der Waals surface area contributed by atoms with Gasteiger partial charge in [0, 0.05) is 35.2 Å². The first kappa shape index (κ1) is 16.3. The lowest BCUT2D eigenvalue weighted by molar-refractivity contribution is 0.0951. The van der Waals surface area contributed by atoms with Crippen LogP contribution in [0.25, 0.3) is 0 Å². The zero-order chi connectivity index (χ0) is 16.6. The third-order valence-corrected chi connectivity index (χ3v) is 4.62. The largest absolute Gasteiger partial charge is 0.348 e. The summed E-state index contributed by atoms with van der Waals surface area (Å²) in [5.74, 6) is 0.822. The van der Waals surface area contributed by atoms with Crippen LogP contribution in [0.1, 0.15) is 21.5 Å². The molecule has 4 heteroatoms. The van der Waals surface area contributed by atoms with Gasteiger partial charge < -0.3 is 5.32 Å². The number of aromatic nitrogens is 1. The molecule has 0 saturated heterocycles. The Labute approximate surface area is 146 Å². The summed E-state index contributed by atoms with van der Waals surface area (Å²) in [5, 5.41) is 2.91. The maximum atomic E-state index is 12.2. The number of amides is 1. The molecular weight excluding hydrogens is 316 g/mol. The molecule has 0 spiro atoms. The monoisotopic (exact) mass is 334 g/mol. The number of rotatable bonds is 6. The number of hydrogen-bond acceptors (Lipinski definition) is 3. The first-order valence-corrected chi connectivity index (χ1v) is 8.74. The minimum absolute atomic E-state index is 0.0684. The molecule has 3 rings (SSSR count). The van der Waals surface area contributed by atoms with E-state index in [9.17, 15) is 4.79 Å². The Morgan fingerprint density at radius 1 is 0.917 bits per heavy atom. The minimum Gasteiger partial charge on any atom is -0.348 e. The average Bonchev–Trinajstić information content (AvgIpc) is 2.66. The molecule has 2 aromatic carbocycles. The first-order valence-electron chi connectivity index (χ1n) is 7.75. The van der Waals surface area contributed by atoms with E-state index in [1.165, 1.54) is 10.5 Å². The Balaban J connectivity index is 1.53. The van der Waals surface area contributed by atoms with Gasteiger partial charge in [0.2, 0.25) is 0 Å². The molecule has 1 N–H and O–H groups in total. The van der Waals surface area contributed by atoms with Crippen molar-refractivity contribution in [1.82, 2.24) is 10.3 Å². The fourth-order valence-electron chi connectivity index (χ4n) is 2.22. The van der Waals surface area contributed by atoms with Gasteiger partial charge >= 0.3 is 0 Å². The van der Waals surface area contributed by atoms with Gasteiger partial charge in [-0.3, -0.25) is 9.78 Å². The fourth-order valence-corrected chi connectivity index (χ4v) is 3.10. The molecule has 0 atom stereocenters. The minimum atomic E-state index is -0.0684. The van der Waals surface area contributed by atoms with Crippen molar-refractivity contribution in [3.05, 3.63) is 95.8 Å². The van der Waals surface area contributed by atoms with Crippen molar-refractivity contribution in [3.63, 3.8) is 0 Å². The van der Waals surface area contributed by atoms with E-state index in [1.807, 2.05) is 54.6 Å². The topological polar surface area (TPSA) is 42.0 Å². The third kappa shape index (κ3) is 4.70. The molecule has 3 nitrogen and oxygen atoms in total. The lowest BCUT2D eigenvalue weighted by Crippen LogP contribution is -2.22. The van der Waals surface area contributed by atoms with Gasteiger partial charge in [-0.25, -0.2) is 0 Å². The number of carbonyl (C=O) groups is 1. The van der Waals surface area contributed by atoms with Crippen LogP contribution in [0.4, 0.5) is 0 Å². The average molecular weight is 334 g/mol. The Hall–Kier alpha value is -2.59. The number of thioether (sulfide) groups is 1. The highest BCUT2D eigenvalue weighted by molar-refractivity contribution is 7.98. The quantitative estimate of drug-likeness (QED) is 0.683. The number of benzene rings is 2. The number of nitrogens with zero attached hydrogens (tertiary/aromatic N) is 1. The van der Waals surface area contributed by atoms with Crippen molar-refractivity contribution in [2.75, 3.05) is 0 Å². The standard InChI is InChI=1S/C20H18N2OS/c23-20(22-14-17-5-4-12-21-13-17)18-10-8-16(9-11-18)15-24-19-6-2-1-3-7-19/h1-13H,14-15H2,(H,22,23). The maximum Gasteiger partial charge on any atom is 0.251 e. The molecule has 0 bridgehead atoms. The van der Waals surface area contributed by atoms with E-state index in [0.717, 1.165) is 11.3 Å². The second-order valence-electron chi connectivity index (χ2n) is 5.34. The van der Waals surface area contributed by atoms with E-state index in [2.05, 4.69) is 22.4 Å². The summed E-state index contributed by atoms with van der Waals surface area (Å²) in [6.45, 7) is 0.484. The van der Waals surface area contributed by atoms with Crippen LogP contribution in [0.15, 0.2) is 84.0 Å². The van der Waals surface area contributed by atoms with Gasteiger partial charge in [-0.2, -0.15) is 0 Å². The molecule has 0 fully saturated rings. The molecule has 0 saturated carbocycles. The zero-order valence-corrected chi connectivity index (χ0v) is 14.0. The summed E-state index contributed by atoms with van der Waals surface area (Å²) in [7, 11) is 0. The molecule has 1 heterocycles. The van der Waals surface area contributed by atoms with Crippen LogP contribution in [0.3, 0.4) is 0 Å². The van der Waals surface area contributed by atoms with Crippen molar-refractivity contribution in [2.24, 2.45) is 0 Å². The lowest BCUT2D eigenvalue weighted by atomic mass is 10.1. The summed E-state index contributed by atoms with van der Waals surface area (Å²) in [6.07, 6.45) is 3.47. The molecule has 120 valence electrons. The zero-order valence-electron chi connectivity index (χ0n) is 13.2. The summed E-state index contributed by atoms with van der Waals surface area (Å²) in [6, 6.07) is 21.9. The summed E-state index contributed by atoms with van der Waals surface area (Å²) in [5.41, 5.74) is 2.86. The Kier molecular flexibility index (Phi) is 5.64. The van der Waals surface area contributed by atoms with Crippen molar-refractivity contribution in [1.29, 1.82) is 0 Å². The number of carbonyl (C=O) groups excluding carboxylic acids is 1. The van der Waals surface area contributed by atoms with E-state index < -0.39 is 0 Å². The molecule has 0 aliphatic rings. The number of pyridine rings is 1. The van der Waals surface area contributed by atoms with Crippen LogP contribution in [0.2, 0.25) is 0 Å². The SMILES string of the molecule is O=C(NCc1cccnc1)c1ccc(CSc2ccccc2)cc1. The van der Waals surface area contributed by atoms with Gasteiger partial charge in [-0.05, 0) is 41.5 Å². The number of hydrogen-bond donors (Lipinski definition) is 1.